The van der Waals surface area contributed by atoms with Crippen molar-refractivity contribution in [1.82, 2.24) is 0 Å². The first-order valence-corrected chi connectivity index (χ1v) is 4.90. The first-order valence-electron chi connectivity index (χ1n) is 4.90. The third kappa shape index (κ3) is 2.47. The molecule has 5 unspecified atom stereocenters. The van der Waals surface area contributed by atoms with Crippen molar-refractivity contribution in [2.24, 2.45) is 0 Å². The second-order valence-electron chi connectivity index (χ2n) is 3.44. The fourth-order valence-electron chi connectivity index (χ4n) is 1.59. The minimum atomic E-state index is -1.63. The van der Waals surface area contributed by atoms with Crippen LogP contribution in [0.1, 0.15) is 6.92 Å². The molecule has 16 heavy (non-hydrogen) atoms. The molecule has 5 atom stereocenters. The number of hydrogen-bond acceptors (Lipinski definition) is 7. The van der Waals surface area contributed by atoms with Crippen LogP contribution in [-0.2, 0) is 9.47 Å². The van der Waals surface area contributed by atoms with Crippen molar-refractivity contribution in [2.75, 3.05) is 13.2 Å². The molecule has 0 aromatic heterocycles. The summed E-state index contributed by atoms with van der Waals surface area (Å²) in [4.78, 5) is 9.94. The lowest BCUT2D eigenvalue weighted by molar-refractivity contribution is -0.574. The Bertz CT molecular complexity index is 249. The van der Waals surface area contributed by atoms with Crippen molar-refractivity contribution in [3.63, 3.8) is 0 Å². The van der Waals surface area contributed by atoms with Crippen LogP contribution in [0, 0.1) is 10.1 Å². The van der Waals surface area contributed by atoms with Gasteiger partial charge in [-0.2, -0.15) is 0 Å². The largest absolute Gasteiger partial charge is 0.394 e. The van der Waals surface area contributed by atoms with Gasteiger partial charge in [-0.3, -0.25) is 10.1 Å². The average Bonchev–Trinajstić information content (AvgIpc) is 2.23. The second-order valence-corrected chi connectivity index (χ2v) is 3.44. The van der Waals surface area contributed by atoms with Crippen molar-refractivity contribution >= 4 is 0 Å². The molecule has 0 aromatic rings. The molecule has 1 aliphatic rings. The standard InChI is InChI=1S/C8H15NO7/c1-2-15-8-5(9(13)14)7(12)6(11)4(3-10)16-8/h4-8,10-12H,2-3H2,1H3. The van der Waals surface area contributed by atoms with Crippen molar-refractivity contribution in [3.05, 3.63) is 10.1 Å². The first kappa shape index (κ1) is 13.3. The van der Waals surface area contributed by atoms with E-state index in [9.17, 15) is 20.3 Å². The number of aliphatic hydroxyl groups is 3. The maximum absolute atomic E-state index is 10.7. The number of ether oxygens (including phenoxy) is 2. The molecular weight excluding hydrogens is 222 g/mol. The minimum absolute atomic E-state index is 0.163. The number of nitrogens with zero attached hydrogens (tertiary/aromatic N) is 1. The SMILES string of the molecule is CCOC1OC(CO)C(O)C(O)C1[N+](=O)[O-]. The monoisotopic (exact) mass is 237 g/mol. The van der Waals surface area contributed by atoms with Gasteiger partial charge in [0.15, 0.2) is 6.10 Å². The molecule has 0 aromatic carbocycles. The van der Waals surface area contributed by atoms with Crippen LogP contribution < -0.4 is 0 Å². The highest BCUT2D eigenvalue weighted by Crippen LogP contribution is 2.23. The Balaban J connectivity index is 2.83. The highest BCUT2D eigenvalue weighted by atomic mass is 16.7. The summed E-state index contributed by atoms with van der Waals surface area (Å²) >= 11 is 0. The van der Waals surface area contributed by atoms with Gasteiger partial charge in [-0.1, -0.05) is 0 Å². The maximum Gasteiger partial charge on any atom is 0.291 e. The zero-order valence-corrected chi connectivity index (χ0v) is 8.72. The molecule has 1 rings (SSSR count). The summed E-state index contributed by atoms with van der Waals surface area (Å²) in [5.74, 6) is 0. The molecule has 0 amide bonds. The number of hydrogen-bond donors (Lipinski definition) is 3. The summed E-state index contributed by atoms with van der Waals surface area (Å²) in [7, 11) is 0. The van der Waals surface area contributed by atoms with Gasteiger partial charge in [-0.25, -0.2) is 0 Å². The third-order valence-corrected chi connectivity index (χ3v) is 2.42. The highest BCUT2D eigenvalue weighted by Gasteiger charge is 2.51. The smallest absolute Gasteiger partial charge is 0.291 e. The predicted octanol–water partition coefficient (Wildman–Crippen LogP) is -1.89. The van der Waals surface area contributed by atoms with Gasteiger partial charge in [0.05, 0.1) is 6.61 Å². The molecule has 0 spiro atoms. The molecule has 3 N–H and O–H groups in total. The zero-order chi connectivity index (χ0) is 12.3. The predicted molar refractivity (Wildman–Crippen MR) is 50.2 cm³/mol. The second kappa shape index (κ2) is 5.51. The van der Waals surface area contributed by atoms with Gasteiger partial charge in [0.2, 0.25) is 6.29 Å². The van der Waals surface area contributed by atoms with Gasteiger partial charge in [0.1, 0.15) is 12.2 Å². The van der Waals surface area contributed by atoms with E-state index in [4.69, 9.17) is 14.6 Å². The lowest BCUT2D eigenvalue weighted by Crippen LogP contribution is -2.61. The normalized spacial score (nSPS) is 39.6. The van der Waals surface area contributed by atoms with Crippen molar-refractivity contribution in [3.8, 4) is 0 Å². The van der Waals surface area contributed by atoms with Crippen LogP contribution >= 0.6 is 0 Å². The summed E-state index contributed by atoms with van der Waals surface area (Å²) in [5.41, 5.74) is 0. The Kier molecular flexibility index (Phi) is 4.56. The van der Waals surface area contributed by atoms with Crippen LogP contribution in [-0.4, -0.2) is 64.1 Å². The van der Waals surface area contributed by atoms with E-state index in [-0.39, 0.29) is 6.61 Å². The molecule has 0 bridgehead atoms. The Morgan fingerprint density at radius 1 is 1.44 bits per heavy atom. The van der Waals surface area contributed by atoms with Crippen molar-refractivity contribution in [2.45, 2.75) is 37.6 Å². The summed E-state index contributed by atoms with van der Waals surface area (Å²) in [6, 6.07) is -1.56. The average molecular weight is 237 g/mol. The summed E-state index contributed by atoms with van der Waals surface area (Å²) in [6.45, 7) is 1.23. The molecule has 94 valence electrons. The van der Waals surface area contributed by atoms with Crippen LogP contribution in [0.5, 0.6) is 0 Å². The Morgan fingerprint density at radius 2 is 2.06 bits per heavy atom. The molecule has 0 saturated carbocycles. The van der Waals surface area contributed by atoms with Crippen molar-refractivity contribution < 1.29 is 29.7 Å². The molecule has 1 aliphatic heterocycles. The molecule has 8 heteroatoms. The molecule has 0 aliphatic carbocycles. The molecule has 8 nitrogen and oxygen atoms in total. The lowest BCUT2D eigenvalue weighted by Gasteiger charge is -2.37. The molecule has 1 heterocycles. The Morgan fingerprint density at radius 3 is 2.50 bits per heavy atom. The minimum Gasteiger partial charge on any atom is -0.394 e. The van der Waals surface area contributed by atoms with E-state index in [0.717, 1.165) is 0 Å². The van der Waals surface area contributed by atoms with Crippen LogP contribution in [0.3, 0.4) is 0 Å². The van der Waals surface area contributed by atoms with Gasteiger partial charge in [0, 0.05) is 11.5 Å². The van der Waals surface area contributed by atoms with E-state index >= 15 is 0 Å². The fraction of sp³-hybridized carbons (Fsp3) is 1.00. The van der Waals surface area contributed by atoms with Gasteiger partial charge < -0.3 is 24.8 Å². The van der Waals surface area contributed by atoms with Gasteiger partial charge in [-0.05, 0) is 6.92 Å². The number of aliphatic hydroxyl groups excluding tert-OH is 3. The highest BCUT2D eigenvalue weighted by molar-refractivity contribution is 4.89. The molecule has 0 radical (unpaired) electrons. The van der Waals surface area contributed by atoms with E-state index in [0.29, 0.717) is 0 Å². The van der Waals surface area contributed by atoms with E-state index in [1.54, 1.807) is 6.92 Å². The van der Waals surface area contributed by atoms with Crippen molar-refractivity contribution in [1.29, 1.82) is 0 Å². The van der Waals surface area contributed by atoms with Gasteiger partial charge >= 0.3 is 0 Å². The number of nitro groups is 1. The van der Waals surface area contributed by atoms with Gasteiger partial charge in [-0.15, -0.1) is 0 Å². The maximum atomic E-state index is 10.7. The van der Waals surface area contributed by atoms with Crippen LogP contribution in [0.15, 0.2) is 0 Å². The number of rotatable bonds is 4. The fourth-order valence-corrected chi connectivity index (χ4v) is 1.59. The zero-order valence-electron chi connectivity index (χ0n) is 8.72. The molecule has 1 fully saturated rings. The summed E-state index contributed by atoms with van der Waals surface area (Å²) in [5, 5.41) is 38.6. The van der Waals surface area contributed by atoms with Gasteiger partial charge in [0.25, 0.3) is 6.04 Å². The first-order chi connectivity index (χ1) is 7.52. The van der Waals surface area contributed by atoms with E-state index in [1.165, 1.54) is 0 Å². The molecular formula is C8H15NO7. The Labute approximate surface area is 91.6 Å². The van der Waals surface area contributed by atoms with Crippen LogP contribution in [0.4, 0.5) is 0 Å². The van der Waals surface area contributed by atoms with E-state index in [2.05, 4.69) is 0 Å². The lowest BCUT2D eigenvalue weighted by atomic mass is 9.97. The van der Waals surface area contributed by atoms with Crippen LogP contribution in [0.25, 0.3) is 0 Å². The van der Waals surface area contributed by atoms with E-state index < -0.39 is 42.2 Å². The summed E-state index contributed by atoms with van der Waals surface area (Å²) in [6.07, 6.45) is -5.48. The quantitative estimate of drug-likeness (QED) is 0.386. The molecule has 1 saturated heterocycles. The third-order valence-electron chi connectivity index (χ3n) is 2.42. The van der Waals surface area contributed by atoms with Crippen LogP contribution in [0.2, 0.25) is 0 Å². The topological polar surface area (TPSA) is 122 Å². The Hall–Kier alpha value is -0.800. The van der Waals surface area contributed by atoms with E-state index in [1.807, 2.05) is 0 Å². The summed E-state index contributed by atoms with van der Waals surface area (Å²) < 4.78 is 9.97.